The molecule has 32 heavy (non-hydrogen) atoms. The molecule has 1 aliphatic rings. The summed E-state index contributed by atoms with van der Waals surface area (Å²) in [6.45, 7) is 1.07. The zero-order chi connectivity index (χ0) is 22.7. The number of anilines is 1. The van der Waals surface area contributed by atoms with Crippen molar-refractivity contribution in [3.63, 3.8) is 0 Å². The number of morpholine rings is 1. The van der Waals surface area contributed by atoms with Crippen LogP contribution in [0.2, 0.25) is 0 Å². The Balaban J connectivity index is 1.65. The van der Waals surface area contributed by atoms with Crippen LogP contribution in [-0.2, 0) is 11.3 Å². The van der Waals surface area contributed by atoms with Crippen LogP contribution in [0.25, 0.3) is 11.5 Å². The highest BCUT2D eigenvalue weighted by Crippen LogP contribution is 2.28. The Hall–Kier alpha value is -3.47. The number of benzene rings is 2. The van der Waals surface area contributed by atoms with E-state index in [1.165, 1.54) is 4.90 Å². The van der Waals surface area contributed by atoms with Crippen LogP contribution in [0.4, 0.5) is 28.0 Å². The van der Waals surface area contributed by atoms with Crippen molar-refractivity contribution < 1.29 is 31.5 Å². The zero-order valence-corrected chi connectivity index (χ0v) is 16.7. The van der Waals surface area contributed by atoms with Gasteiger partial charge in [0.2, 0.25) is 5.89 Å². The van der Waals surface area contributed by atoms with Crippen LogP contribution in [0.15, 0.2) is 46.9 Å². The SMILES string of the molecule is O=C(N1CCOCC1)N(Cc1c(F)cc(-c2nnc(C(F)F)o2)cc1F)c1ccccc1. The Labute approximate surface area is 180 Å². The predicted octanol–water partition coefficient (Wildman–Crippen LogP) is 4.41. The van der Waals surface area contributed by atoms with Crippen molar-refractivity contribution in [3.8, 4) is 11.5 Å². The number of carbonyl (C=O) groups excluding carboxylic acids is 1. The van der Waals surface area contributed by atoms with Gasteiger partial charge in [-0.3, -0.25) is 4.90 Å². The third-order valence-electron chi connectivity index (χ3n) is 4.91. The first-order valence-electron chi connectivity index (χ1n) is 9.73. The number of hydrogen-bond acceptors (Lipinski definition) is 5. The molecular formula is C21H18F4N4O3. The van der Waals surface area contributed by atoms with Crippen molar-refractivity contribution in [2.45, 2.75) is 13.0 Å². The van der Waals surface area contributed by atoms with Crippen molar-refractivity contribution in [2.24, 2.45) is 0 Å². The topological polar surface area (TPSA) is 71.7 Å². The molecule has 2 aromatic carbocycles. The molecule has 0 N–H and O–H groups in total. The molecule has 0 bridgehead atoms. The lowest BCUT2D eigenvalue weighted by molar-refractivity contribution is 0.0547. The van der Waals surface area contributed by atoms with Crippen LogP contribution in [0.3, 0.4) is 0 Å². The third kappa shape index (κ3) is 4.57. The Morgan fingerprint density at radius 1 is 1.06 bits per heavy atom. The minimum atomic E-state index is -3.00. The highest BCUT2D eigenvalue weighted by atomic mass is 19.3. The normalized spacial score (nSPS) is 14.1. The molecule has 11 heteroatoms. The van der Waals surface area contributed by atoms with E-state index in [-0.39, 0.29) is 17.7 Å². The molecule has 2 heterocycles. The first-order chi connectivity index (χ1) is 15.4. The minimum absolute atomic E-state index is 0.186. The summed E-state index contributed by atoms with van der Waals surface area (Å²) in [5, 5.41) is 6.56. The molecule has 0 spiro atoms. The molecule has 1 saturated heterocycles. The van der Waals surface area contributed by atoms with E-state index in [2.05, 4.69) is 10.2 Å². The molecule has 0 unspecified atom stereocenters. The van der Waals surface area contributed by atoms with Crippen molar-refractivity contribution in [1.29, 1.82) is 0 Å². The summed E-state index contributed by atoms with van der Waals surface area (Å²) in [5.41, 5.74) is -0.0907. The first kappa shape index (κ1) is 21.8. The molecule has 0 saturated carbocycles. The molecule has 0 radical (unpaired) electrons. The maximum Gasteiger partial charge on any atom is 0.324 e. The average Bonchev–Trinajstić information content (AvgIpc) is 3.30. The Morgan fingerprint density at radius 2 is 1.72 bits per heavy atom. The Bertz CT molecular complexity index is 1060. The average molecular weight is 450 g/mol. The standard InChI is InChI=1S/C21H18F4N4O3/c22-16-10-13(19-26-27-20(32-19)18(24)25)11-17(23)15(16)12-29(14-4-2-1-3-5-14)21(30)28-6-8-31-9-7-28/h1-5,10-11,18H,6-9,12H2. The summed E-state index contributed by atoms with van der Waals surface area (Å²) in [4.78, 5) is 15.9. The number of halogens is 4. The summed E-state index contributed by atoms with van der Waals surface area (Å²) in [6.07, 6.45) is -3.00. The van der Waals surface area contributed by atoms with Crippen LogP contribution in [-0.4, -0.2) is 47.4 Å². The lowest BCUT2D eigenvalue weighted by atomic mass is 10.1. The van der Waals surface area contributed by atoms with Gasteiger partial charge in [0, 0.05) is 29.9 Å². The number of urea groups is 1. The number of hydrogen-bond donors (Lipinski definition) is 0. The number of rotatable bonds is 5. The van der Waals surface area contributed by atoms with Crippen molar-refractivity contribution in [2.75, 3.05) is 31.2 Å². The molecule has 1 aromatic heterocycles. The molecule has 7 nitrogen and oxygen atoms in total. The van der Waals surface area contributed by atoms with Gasteiger partial charge in [-0.25, -0.2) is 13.6 Å². The minimum Gasteiger partial charge on any atom is -0.415 e. The van der Waals surface area contributed by atoms with E-state index >= 15 is 0 Å². The first-order valence-corrected chi connectivity index (χ1v) is 9.73. The van der Waals surface area contributed by atoms with Crippen molar-refractivity contribution in [3.05, 3.63) is 65.6 Å². The predicted molar refractivity (Wildman–Crippen MR) is 105 cm³/mol. The molecule has 1 aliphatic heterocycles. The molecule has 0 atom stereocenters. The molecule has 3 aromatic rings. The summed E-state index contributed by atoms with van der Waals surface area (Å²) in [6, 6.07) is 9.89. The van der Waals surface area contributed by atoms with E-state index in [0.717, 1.165) is 12.1 Å². The Kier molecular flexibility index (Phi) is 6.35. The van der Waals surface area contributed by atoms with Crippen LogP contribution in [0.1, 0.15) is 17.9 Å². The van der Waals surface area contributed by atoms with Crippen molar-refractivity contribution in [1.82, 2.24) is 15.1 Å². The molecule has 168 valence electrons. The lowest BCUT2D eigenvalue weighted by Crippen LogP contribution is -2.48. The van der Waals surface area contributed by atoms with Crippen LogP contribution < -0.4 is 4.90 Å². The summed E-state index contributed by atoms with van der Waals surface area (Å²) >= 11 is 0. The van der Waals surface area contributed by atoms with E-state index in [1.807, 2.05) is 0 Å². The Morgan fingerprint density at radius 3 is 2.31 bits per heavy atom. The zero-order valence-electron chi connectivity index (χ0n) is 16.7. The van der Waals surface area contributed by atoms with Crippen molar-refractivity contribution >= 4 is 11.7 Å². The van der Waals surface area contributed by atoms with Crippen LogP contribution in [0.5, 0.6) is 0 Å². The van der Waals surface area contributed by atoms with Gasteiger partial charge in [0.05, 0.1) is 19.8 Å². The fraction of sp³-hybridized carbons (Fsp3) is 0.286. The second-order valence-corrected chi connectivity index (χ2v) is 6.97. The summed E-state index contributed by atoms with van der Waals surface area (Å²) in [5.74, 6) is -3.34. The molecular weight excluding hydrogens is 432 g/mol. The van der Waals surface area contributed by atoms with Gasteiger partial charge in [0.25, 0.3) is 5.89 Å². The van der Waals surface area contributed by atoms with Crippen LogP contribution in [0, 0.1) is 11.6 Å². The maximum atomic E-state index is 14.9. The van der Waals surface area contributed by atoms with Gasteiger partial charge in [-0.2, -0.15) is 8.78 Å². The number of aromatic nitrogens is 2. The van der Waals surface area contributed by atoms with E-state index < -0.39 is 35.9 Å². The molecule has 1 fully saturated rings. The van der Waals surface area contributed by atoms with Gasteiger partial charge < -0.3 is 14.1 Å². The highest BCUT2D eigenvalue weighted by molar-refractivity contribution is 5.92. The van der Waals surface area contributed by atoms with Crippen LogP contribution >= 0.6 is 0 Å². The molecule has 0 aliphatic carbocycles. The maximum absolute atomic E-state index is 14.9. The second-order valence-electron chi connectivity index (χ2n) is 6.97. The lowest BCUT2D eigenvalue weighted by Gasteiger charge is -2.33. The fourth-order valence-corrected chi connectivity index (χ4v) is 3.28. The van der Waals surface area contributed by atoms with E-state index in [1.54, 1.807) is 35.2 Å². The number of amides is 2. The largest absolute Gasteiger partial charge is 0.415 e. The van der Waals surface area contributed by atoms with E-state index in [9.17, 15) is 22.4 Å². The van der Waals surface area contributed by atoms with Gasteiger partial charge in [0.1, 0.15) is 11.6 Å². The van der Waals surface area contributed by atoms with Gasteiger partial charge in [0.15, 0.2) is 0 Å². The number of carbonyl (C=O) groups is 1. The summed E-state index contributed by atoms with van der Waals surface area (Å²) in [7, 11) is 0. The fourth-order valence-electron chi connectivity index (χ4n) is 3.28. The monoisotopic (exact) mass is 450 g/mol. The quantitative estimate of drug-likeness (QED) is 0.539. The summed E-state index contributed by atoms with van der Waals surface area (Å²) < 4.78 is 65.1. The second kappa shape index (κ2) is 9.35. The van der Waals surface area contributed by atoms with Gasteiger partial charge in [-0.15, -0.1) is 10.2 Å². The molecule has 2 amide bonds. The smallest absolute Gasteiger partial charge is 0.324 e. The highest BCUT2D eigenvalue weighted by Gasteiger charge is 2.27. The number of nitrogens with zero attached hydrogens (tertiary/aromatic N) is 4. The third-order valence-corrected chi connectivity index (χ3v) is 4.91. The van der Waals surface area contributed by atoms with Gasteiger partial charge in [-0.1, -0.05) is 18.2 Å². The van der Waals surface area contributed by atoms with Gasteiger partial charge >= 0.3 is 12.5 Å². The molecule has 4 rings (SSSR count). The van der Waals surface area contributed by atoms with E-state index in [0.29, 0.717) is 32.0 Å². The number of alkyl halides is 2. The number of ether oxygens (including phenoxy) is 1. The van der Waals surface area contributed by atoms with E-state index in [4.69, 9.17) is 9.15 Å². The van der Waals surface area contributed by atoms with Gasteiger partial charge in [-0.05, 0) is 24.3 Å². The number of para-hydroxylation sites is 1.